The van der Waals surface area contributed by atoms with Gasteiger partial charge < -0.3 is 24.3 Å². The number of ether oxygens (including phenoxy) is 2. The third-order valence-corrected chi connectivity index (χ3v) is 5.50. The zero-order valence-electron chi connectivity index (χ0n) is 20.4. The smallest absolute Gasteiger partial charge is 0.344 e. The number of esters is 1. The first-order chi connectivity index (χ1) is 16.9. The van der Waals surface area contributed by atoms with Gasteiger partial charge in [-0.05, 0) is 50.8 Å². The van der Waals surface area contributed by atoms with E-state index in [0.717, 1.165) is 12.1 Å². The Kier molecular flexibility index (Phi) is 7.38. The number of hydrogen-bond acceptors (Lipinski definition) is 7. The van der Waals surface area contributed by atoms with E-state index in [2.05, 4.69) is 10.2 Å². The summed E-state index contributed by atoms with van der Waals surface area (Å²) in [5, 5.41) is 2.93. The van der Waals surface area contributed by atoms with E-state index in [4.69, 9.17) is 19.4 Å². The van der Waals surface area contributed by atoms with Gasteiger partial charge in [0.15, 0.2) is 5.65 Å². The maximum Gasteiger partial charge on any atom is 0.344 e. The van der Waals surface area contributed by atoms with Crippen LogP contribution < -0.4 is 5.32 Å². The number of rotatable bonds is 9. The molecule has 4 aromatic rings. The Bertz CT molecular complexity index is 1360. The predicted octanol–water partition coefficient (Wildman–Crippen LogP) is 3.72. The number of nitrogens with zero attached hydrogens (tertiary/aromatic N) is 4. The largest absolute Gasteiger partial charge is 0.462 e. The highest BCUT2D eigenvalue weighted by Crippen LogP contribution is 2.31. The molecule has 0 radical (unpaired) electrons. The lowest BCUT2D eigenvalue weighted by Gasteiger charge is -2.13. The van der Waals surface area contributed by atoms with Crippen molar-refractivity contribution in [3.8, 4) is 0 Å². The Morgan fingerprint density at radius 3 is 2.34 bits per heavy atom. The van der Waals surface area contributed by atoms with Crippen LogP contribution in [0.15, 0.2) is 48.5 Å². The van der Waals surface area contributed by atoms with Crippen molar-refractivity contribution in [2.45, 2.75) is 20.0 Å². The highest BCUT2D eigenvalue weighted by molar-refractivity contribution is 6.13. The van der Waals surface area contributed by atoms with Crippen molar-refractivity contribution < 1.29 is 19.1 Å². The maximum atomic E-state index is 13.3. The average Bonchev–Trinajstić information content (AvgIpc) is 3.13. The number of methoxy groups -OCH3 is 1. The van der Waals surface area contributed by atoms with Gasteiger partial charge >= 0.3 is 5.97 Å². The second-order valence-corrected chi connectivity index (χ2v) is 8.36. The fraction of sp³-hybridized carbons (Fsp3) is 0.308. The molecule has 0 saturated heterocycles. The second-order valence-electron chi connectivity index (χ2n) is 8.36. The molecule has 4 rings (SSSR count). The Balaban J connectivity index is 1.83. The van der Waals surface area contributed by atoms with E-state index in [-0.39, 0.29) is 23.9 Å². The summed E-state index contributed by atoms with van der Waals surface area (Å²) in [6.07, 6.45) is 0. The molecule has 0 saturated carbocycles. The van der Waals surface area contributed by atoms with E-state index in [0.29, 0.717) is 40.9 Å². The van der Waals surface area contributed by atoms with Crippen molar-refractivity contribution in [1.82, 2.24) is 19.4 Å². The van der Waals surface area contributed by atoms with Crippen molar-refractivity contribution in [2.75, 3.05) is 39.7 Å². The molecule has 0 aliphatic rings. The fourth-order valence-electron chi connectivity index (χ4n) is 3.93. The number of para-hydroxylation sites is 2. The number of nitrogens with one attached hydrogen (secondary N) is 1. The van der Waals surface area contributed by atoms with Crippen LogP contribution in [0, 0.1) is 0 Å². The van der Waals surface area contributed by atoms with Crippen LogP contribution in [0.5, 0.6) is 0 Å². The minimum absolute atomic E-state index is 0.175. The Labute approximate surface area is 203 Å². The van der Waals surface area contributed by atoms with E-state index < -0.39 is 5.97 Å². The first-order valence-electron chi connectivity index (χ1n) is 11.4. The molecule has 0 unspecified atom stereocenters. The zero-order valence-corrected chi connectivity index (χ0v) is 20.4. The summed E-state index contributed by atoms with van der Waals surface area (Å²) in [5.74, 6) is -0.638. The van der Waals surface area contributed by atoms with E-state index in [1.165, 1.54) is 0 Å². The number of benzene rings is 2. The first kappa shape index (κ1) is 24.3. The van der Waals surface area contributed by atoms with Crippen molar-refractivity contribution in [3.63, 3.8) is 0 Å². The highest BCUT2D eigenvalue weighted by atomic mass is 16.5. The highest BCUT2D eigenvalue weighted by Gasteiger charge is 2.28. The topological polar surface area (TPSA) is 98.6 Å². The molecule has 0 aliphatic carbocycles. The molecular weight excluding hydrogens is 446 g/mol. The van der Waals surface area contributed by atoms with Crippen molar-refractivity contribution in [1.29, 1.82) is 0 Å². The lowest BCUT2D eigenvalue weighted by Crippen LogP contribution is -2.19. The molecule has 0 spiro atoms. The van der Waals surface area contributed by atoms with Gasteiger partial charge in [0.05, 0.1) is 24.2 Å². The van der Waals surface area contributed by atoms with Gasteiger partial charge in [0.1, 0.15) is 16.9 Å². The molecule has 0 fully saturated rings. The number of aromatic nitrogens is 3. The van der Waals surface area contributed by atoms with Gasteiger partial charge in [-0.1, -0.05) is 24.3 Å². The molecule has 35 heavy (non-hydrogen) atoms. The van der Waals surface area contributed by atoms with Crippen LogP contribution in [-0.4, -0.2) is 65.7 Å². The molecule has 2 aromatic heterocycles. The van der Waals surface area contributed by atoms with Crippen molar-refractivity contribution in [2.24, 2.45) is 0 Å². The van der Waals surface area contributed by atoms with Gasteiger partial charge in [-0.2, -0.15) is 0 Å². The molecule has 9 heteroatoms. The van der Waals surface area contributed by atoms with Crippen LogP contribution in [-0.2, 0) is 22.6 Å². The molecular formula is C26H29N5O4. The molecule has 0 atom stereocenters. The second kappa shape index (κ2) is 10.6. The molecule has 9 nitrogen and oxygen atoms in total. The molecule has 2 heterocycles. The predicted molar refractivity (Wildman–Crippen MR) is 135 cm³/mol. The van der Waals surface area contributed by atoms with Crippen LogP contribution in [0.2, 0.25) is 0 Å². The Morgan fingerprint density at radius 1 is 1.03 bits per heavy atom. The monoisotopic (exact) mass is 475 g/mol. The van der Waals surface area contributed by atoms with Crippen LogP contribution in [0.1, 0.15) is 33.2 Å². The molecule has 0 aliphatic heterocycles. The minimum atomic E-state index is -0.574. The van der Waals surface area contributed by atoms with Gasteiger partial charge in [-0.25, -0.2) is 14.8 Å². The van der Waals surface area contributed by atoms with Gasteiger partial charge in [0.2, 0.25) is 0 Å². The van der Waals surface area contributed by atoms with Crippen molar-refractivity contribution in [3.05, 3.63) is 65.2 Å². The van der Waals surface area contributed by atoms with E-state index >= 15 is 0 Å². The van der Waals surface area contributed by atoms with Crippen LogP contribution >= 0.6 is 0 Å². The fourth-order valence-corrected chi connectivity index (χ4v) is 3.93. The van der Waals surface area contributed by atoms with Gasteiger partial charge in [0.25, 0.3) is 5.91 Å². The lowest BCUT2D eigenvalue weighted by molar-refractivity contribution is 0.0529. The summed E-state index contributed by atoms with van der Waals surface area (Å²) in [4.78, 5) is 37.9. The summed E-state index contributed by atoms with van der Waals surface area (Å²) in [6, 6.07) is 14.8. The lowest BCUT2D eigenvalue weighted by atomic mass is 10.1. The quantitative estimate of drug-likeness (QED) is 0.368. The van der Waals surface area contributed by atoms with E-state index in [1.54, 1.807) is 30.7 Å². The van der Waals surface area contributed by atoms with Crippen molar-refractivity contribution >= 4 is 39.9 Å². The number of anilines is 1. The van der Waals surface area contributed by atoms with Gasteiger partial charge in [0, 0.05) is 25.8 Å². The summed E-state index contributed by atoms with van der Waals surface area (Å²) in [7, 11) is 5.57. The summed E-state index contributed by atoms with van der Waals surface area (Å²) >= 11 is 0. The Hall–Kier alpha value is -3.82. The summed E-state index contributed by atoms with van der Waals surface area (Å²) in [6.45, 7) is 3.40. The molecule has 1 amide bonds. The third-order valence-electron chi connectivity index (χ3n) is 5.50. The van der Waals surface area contributed by atoms with Gasteiger partial charge in [-0.15, -0.1) is 0 Å². The molecule has 182 valence electrons. The standard InChI is InChI=1S/C26H29N5O4/c1-5-35-26(33)21-22-24(28-20-9-7-6-8-19(20)27-22)31(14-15-34-4)23(21)29-25(32)18-12-10-17(11-13-18)16-30(2)3/h6-13H,5,14-16H2,1-4H3,(H,29,32). The van der Waals surface area contributed by atoms with Crippen LogP contribution in [0.25, 0.3) is 22.2 Å². The Morgan fingerprint density at radius 2 is 1.71 bits per heavy atom. The van der Waals surface area contributed by atoms with Crippen LogP contribution in [0.3, 0.4) is 0 Å². The van der Waals surface area contributed by atoms with Gasteiger partial charge in [-0.3, -0.25) is 4.79 Å². The third kappa shape index (κ3) is 5.16. The SMILES string of the molecule is CCOC(=O)c1c(NC(=O)c2ccc(CN(C)C)cc2)n(CCOC)c2nc3ccccc3nc12. The molecule has 2 aromatic carbocycles. The summed E-state index contributed by atoms with van der Waals surface area (Å²) < 4.78 is 12.4. The number of carbonyl (C=O) groups is 2. The molecule has 0 bridgehead atoms. The minimum Gasteiger partial charge on any atom is -0.462 e. The number of amides is 1. The summed E-state index contributed by atoms with van der Waals surface area (Å²) in [5.41, 5.74) is 3.90. The normalized spacial score (nSPS) is 11.3. The van der Waals surface area contributed by atoms with E-state index in [9.17, 15) is 9.59 Å². The first-order valence-corrected chi connectivity index (χ1v) is 11.4. The number of carbonyl (C=O) groups excluding carboxylic acids is 2. The maximum absolute atomic E-state index is 13.3. The van der Waals surface area contributed by atoms with Crippen LogP contribution in [0.4, 0.5) is 5.82 Å². The number of hydrogen-bond donors (Lipinski definition) is 1. The van der Waals surface area contributed by atoms with E-state index in [1.807, 2.05) is 50.5 Å². The molecule has 1 N–H and O–H groups in total. The number of fused-ring (bicyclic) bond motifs is 2. The average molecular weight is 476 g/mol. The zero-order chi connectivity index (χ0) is 24.9.